The molecule has 1 aromatic heterocycles. The molecule has 0 radical (unpaired) electrons. The minimum atomic E-state index is -5.36. The van der Waals surface area contributed by atoms with E-state index in [-0.39, 0.29) is 10.6 Å². The molecule has 2 heterocycles. The molecule has 1 aromatic carbocycles. The lowest BCUT2D eigenvalue weighted by molar-refractivity contribution is -0.197. The second kappa shape index (κ2) is 5.86. The van der Waals surface area contributed by atoms with Gasteiger partial charge in [0.2, 0.25) is 0 Å². The smallest absolute Gasteiger partial charge is 0.440 e. The van der Waals surface area contributed by atoms with Crippen LogP contribution >= 0.6 is 0 Å². The van der Waals surface area contributed by atoms with E-state index in [0.29, 0.717) is 0 Å². The first-order valence-corrected chi connectivity index (χ1v) is 7.01. The lowest BCUT2D eigenvalue weighted by Gasteiger charge is -2.29. The summed E-state index contributed by atoms with van der Waals surface area (Å²) in [5.74, 6) is -4.35. The average Bonchev–Trinajstić information content (AvgIpc) is 3.16. The average molecular weight is 371 g/mol. The van der Waals surface area contributed by atoms with Crippen LogP contribution in [0.15, 0.2) is 47.1 Å². The van der Waals surface area contributed by atoms with Crippen LogP contribution in [-0.4, -0.2) is 29.7 Å². The number of carbonyl (C=O) groups excluding carboxylic acids is 3. The number of anilines is 1. The summed E-state index contributed by atoms with van der Waals surface area (Å²) in [5.41, 5.74) is -3.99. The molecule has 26 heavy (non-hydrogen) atoms. The van der Waals surface area contributed by atoms with Gasteiger partial charge in [0.1, 0.15) is 5.82 Å². The number of alkyl halides is 3. The number of urea groups is 1. The Balaban J connectivity index is 2.00. The van der Waals surface area contributed by atoms with Crippen molar-refractivity contribution in [1.29, 1.82) is 0 Å². The third-order valence-corrected chi connectivity index (χ3v) is 3.58. The van der Waals surface area contributed by atoms with Crippen LogP contribution in [0.1, 0.15) is 10.6 Å². The predicted octanol–water partition coefficient (Wildman–Crippen LogP) is 2.16. The van der Waals surface area contributed by atoms with Gasteiger partial charge in [0.25, 0.3) is 17.5 Å². The normalized spacial score (nSPS) is 20.2. The summed E-state index contributed by atoms with van der Waals surface area (Å²) < 4.78 is 58.6. The molecule has 1 aliphatic rings. The summed E-state index contributed by atoms with van der Waals surface area (Å²) in [4.78, 5) is 36.6. The monoisotopic (exact) mass is 371 g/mol. The minimum Gasteiger partial charge on any atom is -0.459 e. The standard InChI is InChI=1S/C15H9F4N3O4/c16-8-3-5-9(6-4-8)22-12(24)14(15(17,18)19,21-13(22)25)20-11(23)10-2-1-7-26-10/h1-7H,(H,20,23)(H,21,25)/t14-/m0/s1. The summed E-state index contributed by atoms with van der Waals surface area (Å²) in [5, 5.41) is 2.93. The fraction of sp³-hybridized carbons (Fsp3) is 0.133. The molecule has 0 unspecified atom stereocenters. The van der Waals surface area contributed by atoms with E-state index in [1.165, 1.54) is 16.7 Å². The molecule has 7 nitrogen and oxygen atoms in total. The molecule has 1 saturated heterocycles. The van der Waals surface area contributed by atoms with Crippen LogP contribution in [0.4, 0.5) is 28.0 Å². The number of halogens is 4. The van der Waals surface area contributed by atoms with E-state index in [0.717, 1.165) is 36.6 Å². The molecule has 3 rings (SSSR count). The zero-order chi connectivity index (χ0) is 19.1. The van der Waals surface area contributed by atoms with Gasteiger partial charge in [0.05, 0.1) is 12.0 Å². The number of carbonyl (C=O) groups is 3. The molecule has 1 aliphatic heterocycles. The van der Waals surface area contributed by atoms with Gasteiger partial charge in [-0.15, -0.1) is 0 Å². The zero-order valence-corrected chi connectivity index (χ0v) is 12.6. The van der Waals surface area contributed by atoms with Crippen LogP contribution in [0.3, 0.4) is 0 Å². The van der Waals surface area contributed by atoms with Crippen molar-refractivity contribution in [2.45, 2.75) is 11.8 Å². The van der Waals surface area contributed by atoms with Crippen LogP contribution in [0.25, 0.3) is 0 Å². The van der Waals surface area contributed by atoms with Gasteiger partial charge in [-0.05, 0) is 36.4 Å². The van der Waals surface area contributed by atoms with E-state index in [9.17, 15) is 31.9 Å². The highest BCUT2D eigenvalue weighted by Crippen LogP contribution is 2.36. The van der Waals surface area contributed by atoms with Gasteiger partial charge < -0.3 is 9.73 Å². The number of imide groups is 1. The van der Waals surface area contributed by atoms with Crippen LogP contribution in [-0.2, 0) is 4.79 Å². The number of amides is 4. The van der Waals surface area contributed by atoms with Crippen LogP contribution in [0.2, 0.25) is 0 Å². The summed E-state index contributed by atoms with van der Waals surface area (Å²) in [7, 11) is 0. The van der Waals surface area contributed by atoms with Gasteiger partial charge in [-0.2, -0.15) is 13.2 Å². The van der Waals surface area contributed by atoms with Crippen molar-refractivity contribution in [3.8, 4) is 0 Å². The van der Waals surface area contributed by atoms with Crippen LogP contribution in [0.5, 0.6) is 0 Å². The summed E-state index contributed by atoms with van der Waals surface area (Å²) >= 11 is 0. The van der Waals surface area contributed by atoms with Crippen LogP contribution in [0, 0.1) is 5.82 Å². The van der Waals surface area contributed by atoms with E-state index in [4.69, 9.17) is 4.42 Å². The third kappa shape index (κ3) is 2.66. The van der Waals surface area contributed by atoms with Crippen molar-refractivity contribution < 1.29 is 36.4 Å². The zero-order valence-electron chi connectivity index (χ0n) is 12.6. The highest BCUT2D eigenvalue weighted by molar-refractivity contribution is 6.24. The Labute approximate surface area is 142 Å². The molecular formula is C15H9F4N3O4. The van der Waals surface area contributed by atoms with E-state index in [2.05, 4.69) is 0 Å². The Morgan fingerprint density at radius 3 is 2.35 bits per heavy atom. The number of nitrogens with one attached hydrogen (secondary N) is 2. The second-order valence-corrected chi connectivity index (χ2v) is 5.23. The SMILES string of the molecule is O=C(N[C@]1(C(F)(F)F)NC(=O)N(c2ccc(F)cc2)C1=O)c1ccco1. The fourth-order valence-corrected chi connectivity index (χ4v) is 2.34. The first kappa shape index (κ1) is 17.5. The molecule has 0 spiro atoms. The van der Waals surface area contributed by atoms with E-state index < -0.39 is 41.3 Å². The van der Waals surface area contributed by atoms with Gasteiger partial charge >= 0.3 is 12.2 Å². The minimum absolute atomic E-state index is 0.162. The summed E-state index contributed by atoms with van der Waals surface area (Å²) in [6.45, 7) is 0. The quantitative estimate of drug-likeness (QED) is 0.639. The predicted molar refractivity (Wildman–Crippen MR) is 77.4 cm³/mol. The topological polar surface area (TPSA) is 91.7 Å². The Kier molecular flexibility index (Phi) is 3.93. The maximum atomic E-state index is 13.6. The Morgan fingerprint density at radius 1 is 1.15 bits per heavy atom. The molecule has 0 bridgehead atoms. The molecule has 0 aliphatic carbocycles. The third-order valence-electron chi connectivity index (χ3n) is 3.58. The van der Waals surface area contributed by atoms with E-state index >= 15 is 0 Å². The molecule has 11 heteroatoms. The fourth-order valence-electron chi connectivity index (χ4n) is 2.34. The van der Waals surface area contributed by atoms with Crippen LogP contribution < -0.4 is 15.5 Å². The summed E-state index contributed by atoms with van der Waals surface area (Å²) in [6, 6.07) is 4.54. The van der Waals surface area contributed by atoms with Gasteiger partial charge in [0.15, 0.2) is 5.76 Å². The molecule has 136 valence electrons. The molecule has 1 fully saturated rings. The van der Waals surface area contributed by atoms with Gasteiger partial charge in [-0.1, -0.05) is 0 Å². The number of rotatable bonds is 3. The van der Waals surface area contributed by atoms with E-state index in [1.54, 1.807) is 0 Å². The molecule has 1 atom stereocenters. The first-order valence-electron chi connectivity index (χ1n) is 7.01. The molecule has 2 N–H and O–H groups in total. The number of hydrogen-bond acceptors (Lipinski definition) is 4. The van der Waals surface area contributed by atoms with Crippen molar-refractivity contribution in [3.63, 3.8) is 0 Å². The number of nitrogens with zero attached hydrogens (tertiary/aromatic N) is 1. The molecule has 2 aromatic rings. The number of hydrogen-bond donors (Lipinski definition) is 2. The Bertz CT molecular complexity index is 864. The van der Waals surface area contributed by atoms with Crippen molar-refractivity contribution in [3.05, 3.63) is 54.2 Å². The number of furan rings is 1. The summed E-state index contributed by atoms with van der Waals surface area (Å²) in [6.07, 6.45) is -4.31. The molecular weight excluding hydrogens is 362 g/mol. The van der Waals surface area contributed by atoms with Crippen molar-refractivity contribution in [1.82, 2.24) is 10.6 Å². The Hall–Kier alpha value is -3.37. The Morgan fingerprint density at radius 2 is 1.81 bits per heavy atom. The highest BCUT2D eigenvalue weighted by Gasteiger charge is 2.69. The number of benzene rings is 1. The maximum Gasteiger partial charge on any atom is 0.440 e. The van der Waals surface area contributed by atoms with Crippen molar-refractivity contribution >= 4 is 23.5 Å². The highest BCUT2D eigenvalue weighted by atomic mass is 19.4. The van der Waals surface area contributed by atoms with Gasteiger partial charge in [-0.25, -0.2) is 14.1 Å². The van der Waals surface area contributed by atoms with Gasteiger partial charge in [0, 0.05) is 0 Å². The lowest BCUT2D eigenvalue weighted by Crippen LogP contribution is -2.69. The first-order chi connectivity index (χ1) is 12.2. The molecule has 0 saturated carbocycles. The van der Waals surface area contributed by atoms with Crippen molar-refractivity contribution in [2.75, 3.05) is 4.90 Å². The van der Waals surface area contributed by atoms with Gasteiger partial charge in [-0.3, -0.25) is 14.9 Å². The lowest BCUT2D eigenvalue weighted by atomic mass is 10.1. The van der Waals surface area contributed by atoms with Crippen molar-refractivity contribution in [2.24, 2.45) is 0 Å². The largest absolute Gasteiger partial charge is 0.459 e. The van der Waals surface area contributed by atoms with E-state index in [1.807, 2.05) is 0 Å². The molecule has 4 amide bonds. The second-order valence-electron chi connectivity index (χ2n) is 5.23. The maximum absolute atomic E-state index is 13.6.